The minimum absolute atomic E-state index is 0.687. The molecule has 0 aliphatic carbocycles. The van der Waals surface area contributed by atoms with Crippen LogP contribution in [-0.2, 0) is 23.8 Å². The molecule has 2 unspecified atom stereocenters. The second kappa shape index (κ2) is 8.06. The number of carbonyl (C=O) groups is 2. The van der Waals surface area contributed by atoms with Gasteiger partial charge in [0.05, 0.1) is 0 Å². The van der Waals surface area contributed by atoms with Crippen LogP contribution in [0.15, 0.2) is 50.6 Å². The van der Waals surface area contributed by atoms with Crippen molar-refractivity contribution < 1.29 is 23.8 Å². The number of rotatable bonds is 8. The van der Waals surface area contributed by atoms with Gasteiger partial charge in [-0.3, -0.25) is 4.74 Å². The van der Waals surface area contributed by atoms with Crippen molar-refractivity contribution in [3.63, 3.8) is 0 Å². The molecule has 0 bridgehead atoms. The lowest BCUT2D eigenvalue weighted by atomic mass is 10.5. The van der Waals surface area contributed by atoms with Crippen LogP contribution in [0.4, 0.5) is 0 Å². The molecule has 0 saturated heterocycles. The summed E-state index contributed by atoms with van der Waals surface area (Å²) in [5, 5.41) is 0. The maximum atomic E-state index is 10.9. The van der Waals surface area contributed by atoms with E-state index in [1.54, 1.807) is 0 Å². The molecular weight excluding hydrogens is 224 g/mol. The summed E-state index contributed by atoms with van der Waals surface area (Å²) >= 11 is 0. The molecule has 0 aromatic heterocycles. The van der Waals surface area contributed by atoms with Gasteiger partial charge in [-0.15, -0.1) is 0 Å². The Morgan fingerprint density at radius 2 is 1.18 bits per heavy atom. The lowest BCUT2D eigenvalue weighted by Gasteiger charge is -2.19. The van der Waals surface area contributed by atoms with E-state index in [0.717, 1.165) is 12.2 Å². The first-order chi connectivity index (χ1) is 8.07. The fourth-order valence-corrected chi connectivity index (χ4v) is 0.720. The number of hydrogen-bond donors (Lipinski definition) is 0. The normalized spacial score (nSPS) is 12.7. The van der Waals surface area contributed by atoms with Crippen LogP contribution >= 0.6 is 0 Å². The molecule has 0 amide bonds. The van der Waals surface area contributed by atoms with Crippen molar-refractivity contribution in [3.8, 4) is 0 Å². The van der Waals surface area contributed by atoms with Crippen LogP contribution in [0.25, 0.3) is 0 Å². The molecule has 0 aliphatic heterocycles. The van der Waals surface area contributed by atoms with Crippen molar-refractivity contribution in [2.45, 2.75) is 12.6 Å². The molecule has 2 atom stereocenters. The first-order valence-corrected chi connectivity index (χ1v) is 4.64. The number of ether oxygens (including phenoxy) is 3. The van der Waals surface area contributed by atoms with E-state index in [2.05, 4.69) is 26.3 Å². The third kappa shape index (κ3) is 6.11. The molecule has 0 aromatic rings. The van der Waals surface area contributed by atoms with E-state index < -0.39 is 24.5 Å². The highest BCUT2D eigenvalue weighted by atomic mass is 16.8. The first kappa shape index (κ1) is 14.9. The molecule has 0 radical (unpaired) electrons. The number of esters is 2. The second-order valence-corrected chi connectivity index (χ2v) is 2.63. The second-order valence-electron chi connectivity index (χ2n) is 2.63. The number of hydrogen-bond acceptors (Lipinski definition) is 5. The van der Waals surface area contributed by atoms with Gasteiger partial charge < -0.3 is 9.47 Å². The van der Waals surface area contributed by atoms with Gasteiger partial charge in [0.25, 0.3) is 0 Å². The fraction of sp³-hybridized carbons (Fsp3) is 0.167. The largest absolute Gasteiger partial charge is 0.429 e. The Bertz CT molecular complexity index is 300. The monoisotopic (exact) mass is 238 g/mol. The van der Waals surface area contributed by atoms with Gasteiger partial charge in [-0.25, -0.2) is 9.59 Å². The van der Waals surface area contributed by atoms with Crippen molar-refractivity contribution in [2.24, 2.45) is 0 Å². The molecular formula is C12H14O5. The highest BCUT2D eigenvalue weighted by molar-refractivity contribution is 5.81. The molecule has 0 saturated carbocycles. The molecule has 0 aliphatic rings. The molecule has 0 aromatic carbocycles. The van der Waals surface area contributed by atoms with Gasteiger partial charge in [0.15, 0.2) is 0 Å². The minimum atomic E-state index is -1.07. The lowest BCUT2D eigenvalue weighted by Crippen LogP contribution is -2.27. The quantitative estimate of drug-likeness (QED) is 0.277. The SMILES string of the molecule is C=CC(=O)OC(C=C)OC(C=C)OC(=O)C=C. The Labute approximate surface area is 99.7 Å². The van der Waals surface area contributed by atoms with E-state index in [4.69, 9.17) is 14.2 Å². The average molecular weight is 238 g/mol. The van der Waals surface area contributed by atoms with Gasteiger partial charge in [0.2, 0.25) is 12.6 Å². The van der Waals surface area contributed by atoms with E-state index >= 15 is 0 Å². The number of carbonyl (C=O) groups excluding carboxylic acids is 2. The molecule has 0 spiro atoms. The standard InChI is InChI=1S/C12H14O5/c1-5-9(13)15-11(7-3)17-12(8-4)16-10(14)6-2/h5-8,11-12H,1-4H2. The van der Waals surface area contributed by atoms with Crippen LogP contribution in [0.1, 0.15) is 0 Å². The summed E-state index contributed by atoms with van der Waals surface area (Å²) in [6, 6.07) is 0. The molecule has 0 heterocycles. The smallest absolute Gasteiger partial charge is 0.332 e. The summed E-state index contributed by atoms with van der Waals surface area (Å²) in [4.78, 5) is 21.8. The summed E-state index contributed by atoms with van der Waals surface area (Å²) in [5.41, 5.74) is 0. The van der Waals surface area contributed by atoms with E-state index in [1.807, 2.05) is 0 Å². The average Bonchev–Trinajstić information content (AvgIpc) is 2.36. The predicted molar refractivity (Wildman–Crippen MR) is 61.6 cm³/mol. The Hall–Kier alpha value is -2.14. The summed E-state index contributed by atoms with van der Waals surface area (Å²) in [6.45, 7) is 13.3. The van der Waals surface area contributed by atoms with Crippen LogP contribution in [0, 0.1) is 0 Å². The Morgan fingerprint density at radius 1 is 0.824 bits per heavy atom. The molecule has 5 heteroatoms. The Balaban J connectivity index is 4.40. The third-order valence-electron chi connectivity index (χ3n) is 1.45. The van der Waals surface area contributed by atoms with E-state index in [0.29, 0.717) is 0 Å². The van der Waals surface area contributed by atoms with Gasteiger partial charge in [0.1, 0.15) is 0 Å². The molecule has 17 heavy (non-hydrogen) atoms. The summed E-state index contributed by atoms with van der Waals surface area (Å²) in [6.07, 6.45) is 2.25. The molecule has 0 N–H and O–H groups in total. The van der Waals surface area contributed by atoms with Crippen molar-refractivity contribution >= 4 is 11.9 Å². The van der Waals surface area contributed by atoms with Gasteiger partial charge in [-0.1, -0.05) is 26.3 Å². The Morgan fingerprint density at radius 3 is 1.41 bits per heavy atom. The molecule has 5 nitrogen and oxygen atoms in total. The maximum absolute atomic E-state index is 10.9. The fourth-order valence-electron chi connectivity index (χ4n) is 0.720. The summed E-state index contributed by atoms with van der Waals surface area (Å²) < 4.78 is 14.5. The van der Waals surface area contributed by atoms with Crippen molar-refractivity contribution in [2.75, 3.05) is 0 Å². The van der Waals surface area contributed by atoms with E-state index in [-0.39, 0.29) is 0 Å². The highest BCUT2D eigenvalue weighted by Gasteiger charge is 2.16. The van der Waals surface area contributed by atoms with Crippen LogP contribution in [-0.4, -0.2) is 24.5 Å². The van der Waals surface area contributed by atoms with Crippen LogP contribution < -0.4 is 0 Å². The topological polar surface area (TPSA) is 61.8 Å². The molecule has 0 rings (SSSR count). The van der Waals surface area contributed by atoms with Crippen LogP contribution in [0.2, 0.25) is 0 Å². The zero-order chi connectivity index (χ0) is 13.3. The zero-order valence-electron chi connectivity index (χ0n) is 9.33. The van der Waals surface area contributed by atoms with Gasteiger partial charge in [-0.2, -0.15) is 0 Å². The lowest BCUT2D eigenvalue weighted by molar-refractivity contribution is -0.206. The zero-order valence-corrected chi connectivity index (χ0v) is 9.33. The third-order valence-corrected chi connectivity index (χ3v) is 1.45. The van der Waals surface area contributed by atoms with Crippen LogP contribution in [0.3, 0.4) is 0 Å². The van der Waals surface area contributed by atoms with Crippen molar-refractivity contribution in [1.29, 1.82) is 0 Å². The van der Waals surface area contributed by atoms with Crippen LogP contribution in [0.5, 0.6) is 0 Å². The first-order valence-electron chi connectivity index (χ1n) is 4.64. The van der Waals surface area contributed by atoms with Crippen molar-refractivity contribution in [1.82, 2.24) is 0 Å². The summed E-state index contributed by atoms with van der Waals surface area (Å²) in [7, 11) is 0. The summed E-state index contributed by atoms with van der Waals surface area (Å²) in [5.74, 6) is -1.37. The van der Waals surface area contributed by atoms with Gasteiger partial charge in [-0.05, 0) is 12.2 Å². The predicted octanol–water partition coefficient (Wildman–Crippen LogP) is 1.49. The molecule has 0 fully saturated rings. The molecule has 92 valence electrons. The van der Waals surface area contributed by atoms with Gasteiger partial charge in [0, 0.05) is 12.2 Å². The Kier molecular flexibility index (Phi) is 7.05. The minimum Gasteiger partial charge on any atom is -0.429 e. The van der Waals surface area contributed by atoms with E-state index in [1.165, 1.54) is 12.2 Å². The maximum Gasteiger partial charge on any atom is 0.332 e. The highest BCUT2D eigenvalue weighted by Crippen LogP contribution is 2.06. The van der Waals surface area contributed by atoms with E-state index in [9.17, 15) is 9.59 Å². The van der Waals surface area contributed by atoms with Gasteiger partial charge >= 0.3 is 11.9 Å². The van der Waals surface area contributed by atoms with Crippen molar-refractivity contribution in [3.05, 3.63) is 50.6 Å².